The zero-order valence-corrected chi connectivity index (χ0v) is 19.1. The first-order valence-corrected chi connectivity index (χ1v) is 11.5. The summed E-state index contributed by atoms with van der Waals surface area (Å²) in [6, 6.07) is 9.34. The topological polar surface area (TPSA) is 122 Å². The highest BCUT2D eigenvalue weighted by Crippen LogP contribution is 2.22. The van der Waals surface area contributed by atoms with Crippen LogP contribution < -0.4 is 15.4 Å². The van der Waals surface area contributed by atoms with Crippen molar-refractivity contribution >= 4 is 27.5 Å². The van der Waals surface area contributed by atoms with Gasteiger partial charge in [0.1, 0.15) is 17.7 Å². The van der Waals surface area contributed by atoms with E-state index in [2.05, 4.69) is 20.3 Å². The number of rotatable bonds is 8. The summed E-state index contributed by atoms with van der Waals surface area (Å²) in [5.41, 5.74) is 0.904. The Labute approximate surface area is 191 Å². The van der Waals surface area contributed by atoms with Gasteiger partial charge in [-0.1, -0.05) is 12.1 Å². The second-order valence-corrected chi connectivity index (χ2v) is 9.16. The summed E-state index contributed by atoms with van der Waals surface area (Å²) < 4.78 is 43.3. The van der Waals surface area contributed by atoms with E-state index in [0.29, 0.717) is 17.1 Å². The number of hydrogen-bond donors (Lipinski definition) is 3. The van der Waals surface area contributed by atoms with Crippen molar-refractivity contribution in [2.75, 3.05) is 5.32 Å². The first kappa shape index (κ1) is 24.1. The lowest BCUT2D eigenvalue weighted by molar-refractivity contribution is -0.123. The molecule has 0 fully saturated rings. The molecule has 2 atom stereocenters. The van der Waals surface area contributed by atoms with Gasteiger partial charge in [-0.2, -0.15) is 4.72 Å². The molecule has 1 heterocycles. The molecule has 0 spiro atoms. The molecule has 3 N–H and O–H groups in total. The summed E-state index contributed by atoms with van der Waals surface area (Å²) in [5.74, 6) is -0.921. The fourth-order valence-corrected chi connectivity index (χ4v) is 4.38. The molecule has 11 heteroatoms. The van der Waals surface area contributed by atoms with Gasteiger partial charge in [0.05, 0.1) is 10.9 Å². The Hall–Kier alpha value is -3.57. The number of aromatic nitrogens is 2. The molecule has 2 amide bonds. The van der Waals surface area contributed by atoms with Crippen LogP contribution in [-0.4, -0.2) is 35.8 Å². The normalized spacial score (nSPS) is 13.2. The lowest BCUT2D eigenvalue weighted by Crippen LogP contribution is -2.46. The Balaban J connectivity index is 1.77. The van der Waals surface area contributed by atoms with Gasteiger partial charge >= 0.3 is 0 Å². The molecule has 0 aliphatic rings. The van der Waals surface area contributed by atoms with E-state index in [1.165, 1.54) is 56.3 Å². The molecule has 174 valence electrons. The number of carbonyl (C=O) groups is 2. The third-order valence-corrected chi connectivity index (χ3v) is 6.35. The minimum atomic E-state index is -4.02. The van der Waals surface area contributed by atoms with Crippen LogP contribution in [0.25, 0.3) is 0 Å². The maximum atomic E-state index is 13.8. The van der Waals surface area contributed by atoms with Gasteiger partial charge in [-0.05, 0) is 48.9 Å². The average molecular weight is 474 g/mol. The largest absolute Gasteiger partial charge is 0.341 e. The fourth-order valence-electron chi connectivity index (χ4n) is 3.18. The van der Waals surface area contributed by atoms with Crippen molar-refractivity contribution in [3.63, 3.8) is 0 Å². The van der Waals surface area contributed by atoms with Gasteiger partial charge in [-0.15, -0.1) is 0 Å². The van der Waals surface area contributed by atoms with E-state index >= 15 is 0 Å². The Kier molecular flexibility index (Phi) is 7.24. The van der Waals surface area contributed by atoms with Crippen LogP contribution in [0, 0.1) is 5.82 Å². The van der Waals surface area contributed by atoms with Crippen LogP contribution >= 0.6 is 0 Å². The summed E-state index contributed by atoms with van der Waals surface area (Å²) in [7, 11) is -2.29. The smallest absolute Gasteiger partial charge is 0.241 e. The van der Waals surface area contributed by atoms with E-state index in [0.717, 1.165) is 0 Å². The first-order chi connectivity index (χ1) is 15.6. The van der Waals surface area contributed by atoms with Gasteiger partial charge in [-0.25, -0.2) is 17.8 Å². The third kappa shape index (κ3) is 6.02. The molecule has 3 rings (SSSR count). The fraction of sp³-hybridized carbons (Fsp3) is 0.227. The number of aryl methyl sites for hydroxylation is 1. The second kappa shape index (κ2) is 9.92. The van der Waals surface area contributed by atoms with Crippen molar-refractivity contribution in [2.24, 2.45) is 7.05 Å². The lowest BCUT2D eigenvalue weighted by atomic mass is 10.1. The molecule has 0 bridgehead atoms. The van der Waals surface area contributed by atoms with Gasteiger partial charge in [-0.3, -0.25) is 9.59 Å². The molecule has 1 aromatic heterocycles. The minimum absolute atomic E-state index is 0.0676. The van der Waals surface area contributed by atoms with Crippen molar-refractivity contribution < 1.29 is 22.4 Å². The zero-order valence-electron chi connectivity index (χ0n) is 18.2. The van der Waals surface area contributed by atoms with Crippen LogP contribution in [0.15, 0.2) is 65.8 Å². The van der Waals surface area contributed by atoms with Gasteiger partial charge in [0.25, 0.3) is 0 Å². The standard InChI is InChI=1S/C22H24FN5O4S/c1-14(27-33(31,32)19-9-7-18(8-10-19)25-15(2)29)22(30)26-20(21-24-11-12-28(21)3)16-5-4-6-17(23)13-16/h4-14,20,27H,1-3H3,(H,25,29)(H,26,30)/t14-,20?/m0/s1. The van der Waals surface area contributed by atoms with Gasteiger partial charge in [0.15, 0.2) is 0 Å². The monoisotopic (exact) mass is 473 g/mol. The Bertz CT molecular complexity index is 1260. The van der Waals surface area contributed by atoms with Crippen LogP contribution in [-0.2, 0) is 26.7 Å². The van der Waals surface area contributed by atoms with Crippen LogP contribution in [0.1, 0.15) is 31.3 Å². The molecule has 9 nitrogen and oxygen atoms in total. The van der Waals surface area contributed by atoms with Gasteiger partial charge in [0, 0.05) is 32.1 Å². The van der Waals surface area contributed by atoms with Crippen LogP contribution in [0.4, 0.5) is 10.1 Å². The minimum Gasteiger partial charge on any atom is -0.341 e. The number of halogens is 1. The van der Waals surface area contributed by atoms with Gasteiger partial charge < -0.3 is 15.2 Å². The van der Waals surface area contributed by atoms with Crippen molar-refractivity contribution in [1.29, 1.82) is 0 Å². The first-order valence-electron chi connectivity index (χ1n) is 10.00. The number of amides is 2. The van der Waals surface area contributed by atoms with E-state index in [9.17, 15) is 22.4 Å². The molecule has 0 saturated heterocycles. The number of sulfonamides is 1. The summed E-state index contributed by atoms with van der Waals surface area (Å²) in [6.07, 6.45) is 3.23. The molecule has 1 unspecified atom stereocenters. The molecular weight excluding hydrogens is 449 g/mol. The highest BCUT2D eigenvalue weighted by molar-refractivity contribution is 7.89. The summed E-state index contributed by atoms with van der Waals surface area (Å²) in [5, 5.41) is 5.29. The maximum Gasteiger partial charge on any atom is 0.241 e. The molecule has 0 aliphatic heterocycles. The average Bonchev–Trinajstić information content (AvgIpc) is 3.17. The predicted molar refractivity (Wildman–Crippen MR) is 120 cm³/mol. The molecular formula is C22H24FN5O4S. The van der Waals surface area contributed by atoms with E-state index in [1.54, 1.807) is 30.1 Å². The van der Waals surface area contributed by atoms with Gasteiger partial charge in [0.2, 0.25) is 21.8 Å². The van der Waals surface area contributed by atoms with Crippen molar-refractivity contribution in [1.82, 2.24) is 19.6 Å². The Morgan fingerprint density at radius 1 is 1.12 bits per heavy atom. The molecule has 0 saturated carbocycles. The van der Waals surface area contributed by atoms with E-state index < -0.39 is 33.8 Å². The van der Waals surface area contributed by atoms with E-state index in [4.69, 9.17) is 0 Å². The number of imidazole rings is 1. The number of nitrogens with zero attached hydrogens (tertiary/aromatic N) is 2. The van der Waals surface area contributed by atoms with E-state index in [1.807, 2.05) is 0 Å². The van der Waals surface area contributed by atoms with Crippen LogP contribution in [0.2, 0.25) is 0 Å². The second-order valence-electron chi connectivity index (χ2n) is 7.44. The molecule has 0 aliphatic carbocycles. The van der Waals surface area contributed by atoms with Crippen LogP contribution in [0.5, 0.6) is 0 Å². The highest BCUT2D eigenvalue weighted by atomic mass is 32.2. The molecule has 3 aromatic rings. The molecule has 33 heavy (non-hydrogen) atoms. The SMILES string of the molecule is CC(=O)Nc1ccc(S(=O)(=O)N[C@@H](C)C(=O)NC(c2cccc(F)c2)c2nccn2C)cc1. The summed E-state index contributed by atoms with van der Waals surface area (Å²) >= 11 is 0. The zero-order chi connectivity index (χ0) is 24.2. The van der Waals surface area contributed by atoms with Crippen LogP contribution in [0.3, 0.4) is 0 Å². The summed E-state index contributed by atoms with van der Waals surface area (Å²) in [4.78, 5) is 28.2. The Morgan fingerprint density at radius 2 is 1.82 bits per heavy atom. The maximum absolute atomic E-state index is 13.8. The number of benzene rings is 2. The quantitative estimate of drug-likeness (QED) is 0.462. The number of hydrogen-bond acceptors (Lipinski definition) is 5. The number of carbonyl (C=O) groups excluding carboxylic acids is 2. The third-order valence-electron chi connectivity index (χ3n) is 4.80. The number of nitrogens with one attached hydrogen (secondary N) is 3. The molecule has 0 radical (unpaired) electrons. The van der Waals surface area contributed by atoms with Crippen molar-refractivity contribution in [3.8, 4) is 0 Å². The Morgan fingerprint density at radius 3 is 2.39 bits per heavy atom. The highest BCUT2D eigenvalue weighted by Gasteiger charge is 2.27. The lowest BCUT2D eigenvalue weighted by Gasteiger charge is -2.22. The summed E-state index contributed by atoms with van der Waals surface area (Å²) in [6.45, 7) is 2.74. The predicted octanol–water partition coefficient (Wildman–Crippen LogP) is 2.09. The van der Waals surface area contributed by atoms with Crippen molar-refractivity contribution in [3.05, 3.63) is 78.1 Å². The van der Waals surface area contributed by atoms with Crippen molar-refractivity contribution in [2.45, 2.75) is 30.8 Å². The van der Waals surface area contributed by atoms with E-state index in [-0.39, 0.29) is 10.8 Å². The molecule has 2 aromatic carbocycles. The number of anilines is 1.